The first-order valence-electron chi connectivity index (χ1n) is 9.50. The smallest absolute Gasteiger partial charge is 0.242 e. The van der Waals surface area contributed by atoms with Crippen molar-refractivity contribution in [3.05, 3.63) is 57.9 Å². The minimum atomic E-state index is -1.54. The van der Waals surface area contributed by atoms with Gasteiger partial charge in [-0.25, -0.2) is 17.6 Å². The van der Waals surface area contributed by atoms with E-state index in [9.17, 15) is 13.4 Å². The molecule has 1 amide bonds. The maximum atomic E-state index is 13.4. The molecular formula is C20H21ClFN5O2S2. The molecule has 7 nitrogen and oxygen atoms in total. The Morgan fingerprint density at radius 1 is 1.35 bits per heavy atom. The van der Waals surface area contributed by atoms with Crippen molar-refractivity contribution in [2.24, 2.45) is 7.05 Å². The Hall–Kier alpha value is -2.11. The van der Waals surface area contributed by atoms with Crippen LogP contribution in [0.2, 0.25) is 5.02 Å². The van der Waals surface area contributed by atoms with Gasteiger partial charge in [0.05, 0.1) is 17.3 Å². The van der Waals surface area contributed by atoms with E-state index in [-0.39, 0.29) is 17.0 Å². The van der Waals surface area contributed by atoms with Crippen molar-refractivity contribution in [3.8, 4) is 10.4 Å². The number of likely N-dealkylation sites (N-methyl/N-ethyl adjacent to an activating group) is 1. The summed E-state index contributed by atoms with van der Waals surface area (Å²) in [6, 6.07) is 7.10. The quantitative estimate of drug-likeness (QED) is 0.595. The average Bonchev–Trinajstić information content (AvgIpc) is 3.34. The van der Waals surface area contributed by atoms with Gasteiger partial charge in [0.2, 0.25) is 5.91 Å². The minimum absolute atomic E-state index is 0.0743. The maximum Gasteiger partial charge on any atom is 0.242 e. The van der Waals surface area contributed by atoms with Gasteiger partial charge in [0.25, 0.3) is 0 Å². The van der Waals surface area contributed by atoms with Crippen LogP contribution >= 0.6 is 22.9 Å². The number of thiophene rings is 1. The highest BCUT2D eigenvalue weighted by Gasteiger charge is 2.37. The molecule has 0 saturated carbocycles. The Labute approximate surface area is 190 Å². The Kier molecular flexibility index (Phi) is 6.27. The largest absolute Gasteiger partial charge is 0.325 e. The Balaban J connectivity index is 1.53. The van der Waals surface area contributed by atoms with Crippen molar-refractivity contribution >= 4 is 45.7 Å². The van der Waals surface area contributed by atoms with Crippen molar-refractivity contribution < 1.29 is 13.4 Å². The highest BCUT2D eigenvalue weighted by atomic mass is 35.5. The highest BCUT2D eigenvalue weighted by Crippen LogP contribution is 2.36. The second-order valence-electron chi connectivity index (χ2n) is 7.30. The van der Waals surface area contributed by atoms with E-state index in [1.54, 1.807) is 18.4 Å². The number of carbonyl (C=O) groups is 1. The number of hydrogen-bond acceptors (Lipinski definition) is 4. The molecule has 31 heavy (non-hydrogen) atoms. The number of aryl methyl sites for hydroxylation is 1. The van der Waals surface area contributed by atoms with Gasteiger partial charge < -0.3 is 5.32 Å². The molecule has 2 aromatic heterocycles. The maximum absolute atomic E-state index is 13.4. The van der Waals surface area contributed by atoms with Crippen LogP contribution in [0.1, 0.15) is 23.0 Å². The number of anilines is 1. The van der Waals surface area contributed by atoms with Gasteiger partial charge in [-0.2, -0.15) is 5.10 Å². The number of hydrogen-bond donors (Lipinski definition) is 2. The third kappa shape index (κ3) is 4.44. The molecule has 3 unspecified atom stereocenters. The molecule has 0 radical (unpaired) electrons. The van der Waals surface area contributed by atoms with Crippen LogP contribution in [0, 0.1) is 12.7 Å². The zero-order valence-corrected chi connectivity index (χ0v) is 19.4. The number of rotatable bonds is 4. The van der Waals surface area contributed by atoms with Gasteiger partial charge in [-0.15, -0.1) is 11.3 Å². The van der Waals surface area contributed by atoms with Crippen LogP contribution in [0.3, 0.4) is 0 Å². The fraction of sp³-hybridized carbons (Fsp3) is 0.300. The molecule has 1 fully saturated rings. The standard InChI is InChI=1S/C20H21ClFN5O2S2/c1-11-13(10-23-26(11)2)18-6-7-19(30-18)16-9-17(27(3)31(29)25-16)20(28)24-12-4-5-15(22)14(21)8-12/h4-8,10,16-17,25H,9H2,1-3H3,(H,24,28). The molecule has 0 spiro atoms. The summed E-state index contributed by atoms with van der Waals surface area (Å²) in [6.45, 7) is 2.01. The van der Waals surface area contributed by atoms with Gasteiger partial charge in [0.15, 0.2) is 11.2 Å². The lowest BCUT2D eigenvalue weighted by Gasteiger charge is -2.35. The fourth-order valence-electron chi connectivity index (χ4n) is 3.41. The average molecular weight is 482 g/mol. The highest BCUT2D eigenvalue weighted by molar-refractivity contribution is 7.80. The molecule has 1 aliphatic rings. The van der Waals surface area contributed by atoms with Crippen LogP contribution in [0.4, 0.5) is 10.1 Å². The lowest BCUT2D eigenvalue weighted by molar-refractivity contribution is -0.120. The van der Waals surface area contributed by atoms with E-state index in [0.717, 1.165) is 21.0 Å². The van der Waals surface area contributed by atoms with Crippen LogP contribution in [-0.2, 0) is 23.0 Å². The second kappa shape index (κ2) is 8.79. The Morgan fingerprint density at radius 2 is 2.13 bits per heavy atom. The number of carbonyl (C=O) groups excluding carboxylic acids is 1. The van der Waals surface area contributed by atoms with Crippen LogP contribution in [0.5, 0.6) is 0 Å². The zero-order valence-electron chi connectivity index (χ0n) is 17.1. The zero-order chi connectivity index (χ0) is 22.3. The van der Waals surface area contributed by atoms with Crippen molar-refractivity contribution in [1.82, 2.24) is 18.8 Å². The molecule has 164 valence electrons. The predicted octanol–water partition coefficient (Wildman–Crippen LogP) is 3.80. The van der Waals surface area contributed by atoms with E-state index in [2.05, 4.69) is 15.1 Å². The SMILES string of the molecule is Cc1c(-c2ccc(C3CC(C(=O)Nc4ccc(F)c(Cl)c4)N(C)S(=O)N3)s2)cnn1C. The molecule has 11 heteroatoms. The summed E-state index contributed by atoms with van der Waals surface area (Å²) in [5.74, 6) is -0.887. The van der Waals surface area contributed by atoms with Crippen LogP contribution in [0.25, 0.3) is 10.4 Å². The minimum Gasteiger partial charge on any atom is -0.325 e. The van der Waals surface area contributed by atoms with Gasteiger partial charge in [0.1, 0.15) is 11.9 Å². The van der Waals surface area contributed by atoms with E-state index >= 15 is 0 Å². The topological polar surface area (TPSA) is 79.3 Å². The summed E-state index contributed by atoms with van der Waals surface area (Å²) in [6.07, 6.45) is 2.25. The second-order valence-corrected chi connectivity index (χ2v) is 10.1. The Bertz CT molecular complexity index is 1160. The summed E-state index contributed by atoms with van der Waals surface area (Å²) in [7, 11) is 3.52. The lowest BCUT2D eigenvalue weighted by atomic mass is 10.1. The fourth-order valence-corrected chi connectivity index (χ4v) is 5.85. The first-order chi connectivity index (χ1) is 14.7. The number of nitrogens with zero attached hydrogens (tertiary/aromatic N) is 3. The van der Waals surface area contributed by atoms with Gasteiger partial charge >= 0.3 is 0 Å². The summed E-state index contributed by atoms with van der Waals surface area (Å²) in [5, 5.41) is 6.96. The third-order valence-electron chi connectivity index (χ3n) is 5.36. The molecule has 1 aliphatic heterocycles. The third-order valence-corrected chi connectivity index (χ3v) is 8.15. The van der Waals surface area contributed by atoms with Crippen molar-refractivity contribution in [3.63, 3.8) is 0 Å². The summed E-state index contributed by atoms with van der Waals surface area (Å²) < 4.78 is 32.4. The monoisotopic (exact) mass is 481 g/mol. The lowest BCUT2D eigenvalue weighted by Crippen LogP contribution is -2.52. The molecule has 3 aromatic rings. The number of aromatic nitrogens is 2. The normalized spacial score (nSPS) is 21.9. The molecule has 4 rings (SSSR count). The molecule has 0 bridgehead atoms. The van der Waals surface area contributed by atoms with Crippen molar-refractivity contribution in [2.75, 3.05) is 12.4 Å². The summed E-state index contributed by atoms with van der Waals surface area (Å²) in [5.41, 5.74) is 2.50. The van der Waals surface area contributed by atoms with Gasteiger partial charge in [0, 0.05) is 40.8 Å². The van der Waals surface area contributed by atoms with Crippen LogP contribution in [0.15, 0.2) is 36.5 Å². The van der Waals surface area contributed by atoms with Crippen molar-refractivity contribution in [2.45, 2.75) is 25.4 Å². The van der Waals surface area contributed by atoms with E-state index in [0.29, 0.717) is 12.1 Å². The van der Waals surface area contributed by atoms with Gasteiger partial charge in [-0.1, -0.05) is 11.6 Å². The number of amides is 1. The first-order valence-corrected chi connectivity index (χ1v) is 11.8. The van der Waals surface area contributed by atoms with Gasteiger partial charge in [-0.05, 0) is 43.7 Å². The first kappa shape index (κ1) is 22.1. The molecule has 0 aliphatic carbocycles. The predicted molar refractivity (Wildman–Crippen MR) is 121 cm³/mol. The molecule has 3 heterocycles. The number of halogens is 2. The summed E-state index contributed by atoms with van der Waals surface area (Å²) >= 11 is 5.85. The molecule has 2 N–H and O–H groups in total. The van der Waals surface area contributed by atoms with E-state index in [1.807, 2.05) is 37.0 Å². The van der Waals surface area contributed by atoms with Crippen molar-refractivity contribution in [1.29, 1.82) is 0 Å². The van der Waals surface area contributed by atoms with Gasteiger partial charge in [-0.3, -0.25) is 9.48 Å². The molecule has 1 aromatic carbocycles. The van der Waals surface area contributed by atoms with Crippen LogP contribution < -0.4 is 10.0 Å². The molecule has 1 saturated heterocycles. The van der Waals surface area contributed by atoms with E-state index in [4.69, 9.17) is 11.6 Å². The van der Waals surface area contributed by atoms with E-state index in [1.165, 1.54) is 22.5 Å². The van der Waals surface area contributed by atoms with Crippen LogP contribution in [-0.4, -0.2) is 37.3 Å². The number of nitrogens with one attached hydrogen (secondary N) is 2. The molecular weight excluding hydrogens is 461 g/mol. The Morgan fingerprint density at radius 3 is 2.81 bits per heavy atom. The number of benzene rings is 1. The van der Waals surface area contributed by atoms with E-state index < -0.39 is 23.0 Å². The summed E-state index contributed by atoms with van der Waals surface area (Å²) in [4.78, 5) is 15.0. The molecule has 3 atom stereocenters.